The number of ether oxygens (including phenoxy) is 1. The van der Waals surface area contributed by atoms with E-state index in [-0.39, 0.29) is 18.0 Å². The Balaban J connectivity index is 1.26. The van der Waals surface area contributed by atoms with Crippen molar-refractivity contribution in [1.29, 1.82) is 0 Å². The van der Waals surface area contributed by atoms with E-state index in [1.807, 2.05) is 24.3 Å². The van der Waals surface area contributed by atoms with Gasteiger partial charge in [-0.3, -0.25) is 14.4 Å². The number of primary amides is 1. The molecule has 0 spiro atoms. The summed E-state index contributed by atoms with van der Waals surface area (Å²) in [6.45, 7) is 4.35. The predicted molar refractivity (Wildman–Crippen MR) is 147 cm³/mol. The number of rotatable bonds is 12. The predicted octanol–water partition coefficient (Wildman–Crippen LogP) is 1.87. The molecule has 13 heteroatoms. The lowest BCUT2D eigenvalue weighted by Gasteiger charge is -2.25. The molecule has 208 valence electrons. The molecule has 3 amide bonds. The summed E-state index contributed by atoms with van der Waals surface area (Å²) < 4.78 is 5.84. The molecule has 2 atom stereocenters. The van der Waals surface area contributed by atoms with Gasteiger partial charge in [-0.05, 0) is 60.3 Å². The van der Waals surface area contributed by atoms with Crippen LogP contribution in [0, 0.1) is 5.41 Å². The molecule has 1 aromatic carbocycles. The molecular formula is C26H32BrN7O5. The third-order valence-electron chi connectivity index (χ3n) is 6.81. The molecular weight excluding hydrogens is 570 g/mol. The van der Waals surface area contributed by atoms with E-state index in [0.717, 1.165) is 11.3 Å². The lowest BCUT2D eigenvalue weighted by Crippen LogP contribution is -2.46. The number of hydrogen-bond donors (Lipinski definition) is 4. The highest BCUT2D eigenvalue weighted by atomic mass is 79.9. The molecule has 5 N–H and O–H groups in total. The Bertz CT molecular complexity index is 1270. The number of hydrogen-bond acceptors (Lipinski definition) is 9. The number of aryl methyl sites for hydroxylation is 1. The topological polar surface area (TPSA) is 169 Å². The first-order valence-electron chi connectivity index (χ1n) is 12.7. The summed E-state index contributed by atoms with van der Waals surface area (Å²) in [5.74, 6) is -0.465. The number of anilines is 3. The fraction of sp³-hybridized carbons (Fsp3) is 0.462. The molecule has 2 fully saturated rings. The van der Waals surface area contributed by atoms with Crippen LogP contribution in [-0.4, -0.2) is 70.3 Å². The summed E-state index contributed by atoms with van der Waals surface area (Å²) in [5, 5.41) is 9.11. The SMILES string of the molecule is CC(C)(C(N)=O)C(=O)NCCCNc1nc(Nc2cccc(CCC(=O)N3CC4CC3C(=O)O4)c2)ncc1Br. The van der Waals surface area contributed by atoms with Gasteiger partial charge in [0.25, 0.3) is 0 Å². The lowest BCUT2D eigenvalue weighted by atomic mass is 9.91. The van der Waals surface area contributed by atoms with E-state index < -0.39 is 23.3 Å². The molecule has 12 nitrogen and oxygen atoms in total. The quantitative estimate of drug-likeness (QED) is 0.161. The number of benzene rings is 1. The number of amides is 3. The first-order chi connectivity index (χ1) is 18.5. The Morgan fingerprint density at radius 3 is 2.77 bits per heavy atom. The first-order valence-corrected chi connectivity index (χ1v) is 13.5. The highest BCUT2D eigenvalue weighted by molar-refractivity contribution is 9.10. The number of halogens is 1. The molecule has 2 aliphatic rings. The van der Waals surface area contributed by atoms with Crippen LogP contribution in [0.5, 0.6) is 0 Å². The van der Waals surface area contributed by atoms with Crippen molar-refractivity contribution in [2.45, 2.75) is 51.7 Å². The highest BCUT2D eigenvalue weighted by Gasteiger charge is 2.48. The van der Waals surface area contributed by atoms with Crippen LogP contribution >= 0.6 is 15.9 Å². The molecule has 2 bridgehead atoms. The van der Waals surface area contributed by atoms with Gasteiger partial charge in [-0.1, -0.05) is 12.1 Å². The fourth-order valence-corrected chi connectivity index (χ4v) is 4.67. The molecule has 0 radical (unpaired) electrons. The van der Waals surface area contributed by atoms with Gasteiger partial charge in [-0.2, -0.15) is 4.98 Å². The molecule has 0 aliphatic carbocycles. The number of morpholine rings is 1. The molecule has 39 heavy (non-hydrogen) atoms. The smallest absolute Gasteiger partial charge is 0.329 e. The standard InChI is InChI=1S/C26H32BrN7O5/c1-26(2,23(28)37)24(38)30-10-4-9-29-21-18(27)13-31-25(33-21)32-16-6-3-5-15(11-16)7-8-20(35)34-14-17-12-19(34)22(36)39-17/h3,5-6,11,13,17,19H,4,7-10,12,14H2,1-2H3,(H2,28,37)(H,30,38)(H2,29,31,32,33). The number of likely N-dealkylation sites (tertiary alicyclic amines) is 1. The fourth-order valence-electron chi connectivity index (χ4n) is 4.33. The van der Waals surface area contributed by atoms with E-state index in [4.69, 9.17) is 10.5 Å². The van der Waals surface area contributed by atoms with Gasteiger partial charge in [0.1, 0.15) is 23.4 Å². The molecule has 4 rings (SSSR count). The minimum absolute atomic E-state index is 0.0411. The van der Waals surface area contributed by atoms with Gasteiger partial charge in [-0.15, -0.1) is 0 Å². The van der Waals surface area contributed by atoms with Crippen molar-refractivity contribution in [3.8, 4) is 0 Å². The van der Waals surface area contributed by atoms with Crippen LogP contribution in [0.1, 0.15) is 38.7 Å². The molecule has 2 aromatic rings. The van der Waals surface area contributed by atoms with Crippen LogP contribution in [0.3, 0.4) is 0 Å². The number of fused-ring (bicyclic) bond motifs is 2. The first kappa shape index (κ1) is 28.3. The van der Waals surface area contributed by atoms with Crippen LogP contribution < -0.4 is 21.7 Å². The van der Waals surface area contributed by atoms with Crippen molar-refractivity contribution in [1.82, 2.24) is 20.2 Å². The number of nitrogens with zero attached hydrogens (tertiary/aromatic N) is 3. The summed E-state index contributed by atoms with van der Waals surface area (Å²) in [6, 6.07) is 7.23. The van der Waals surface area contributed by atoms with Crippen molar-refractivity contribution in [2.24, 2.45) is 11.1 Å². The number of carbonyl (C=O) groups is 4. The summed E-state index contributed by atoms with van der Waals surface area (Å²) in [6.07, 6.45) is 3.51. The van der Waals surface area contributed by atoms with Crippen molar-refractivity contribution in [3.05, 3.63) is 40.5 Å². The van der Waals surface area contributed by atoms with E-state index >= 15 is 0 Å². The van der Waals surface area contributed by atoms with Gasteiger partial charge in [-0.25, -0.2) is 9.78 Å². The van der Waals surface area contributed by atoms with Crippen LogP contribution in [0.4, 0.5) is 17.5 Å². The Morgan fingerprint density at radius 1 is 1.26 bits per heavy atom. The number of nitrogens with one attached hydrogen (secondary N) is 3. The van der Waals surface area contributed by atoms with Gasteiger partial charge >= 0.3 is 5.97 Å². The van der Waals surface area contributed by atoms with Crippen molar-refractivity contribution in [3.63, 3.8) is 0 Å². The third-order valence-corrected chi connectivity index (χ3v) is 7.39. The van der Waals surface area contributed by atoms with Crippen LogP contribution in [0.15, 0.2) is 34.9 Å². The monoisotopic (exact) mass is 601 g/mol. The maximum absolute atomic E-state index is 12.7. The maximum Gasteiger partial charge on any atom is 0.329 e. The number of nitrogens with two attached hydrogens (primary N) is 1. The molecule has 2 saturated heterocycles. The lowest BCUT2D eigenvalue weighted by molar-refractivity contribution is -0.157. The van der Waals surface area contributed by atoms with Gasteiger partial charge in [0.15, 0.2) is 0 Å². The average Bonchev–Trinajstić information content (AvgIpc) is 3.48. The van der Waals surface area contributed by atoms with Crippen molar-refractivity contribution in [2.75, 3.05) is 30.3 Å². The summed E-state index contributed by atoms with van der Waals surface area (Å²) in [4.78, 5) is 58.4. The van der Waals surface area contributed by atoms with Crippen molar-refractivity contribution < 1.29 is 23.9 Å². The number of aromatic nitrogens is 2. The zero-order valence-corrected chi connectivity index (χ0v) is 23.4. The number of carbonyl (C=O) groups excluding carboxylic acids is 4. The van der Waals surface area contributed by atoms with Gasteiger partial charge < -0.3 is 31.3 Å². The zero-order valence-electron chi connectivity index (χ0n) is 21.8. The van der Waals surface area contributed by atoms with Gasteiger partial charge in [0.05, 0.1) is 11.0 Å². The minimum Gasteiger partial charge on any atom is -0.459 e. The Hall–Kier alpha value is -3.74. The largest absolute Gasteiger partial charge is 0.459 e. The second kappa shape index (κ2) is 12.0. The minimum atomic E-state index is -1.26. The van der Waals surface area contributed by atoms with E-state index in [1.54, 1.807) is 11.1 Å². The van der Waals surface area contributed by atoms with Crippen LogP contribution in [-0.2, 0) is 30.3 Å². The van der Waals surface area contributed by atoms with Crippen LogP contribution in [0.2, 0.25) is 0 Å². The zero-order chi connectivity index (χ0) is 28.2. The van der Waals surface area contributed by atoms with Crippen molar-refractivity contribution >= 4 is 57.1 Å². The summed E-state index contributed by atoms with van der Waals surface area (Å²) in [5.41, 5.74) is 5.75. The average molecular weight is 602 g/mol. The van der Waals surface area contributed by atoms with E-state index in [9.17, 15) is 19.2 Å². The molecule has 3 heterocycles. The Labute approximate surface area is 234 Å². The summed E-state index contributed by atoms with van der Waals surface area (Å²) in [7, 11) is 0. The molecule has 0 saturated carbocycles. The van der Waals surface area contributed by atoms with Gasteiger partial charge in [0, 0.05) is 37.8 Å². The molecule has 2 unspecified atom stereocenters. The van der Waals surface area contributed by atoms with Gasteiger partial charge in [0.2, 0.25) is 23.7 Å². The van der Waals surface area contributed by atoms with Crippen LogP contribution in [0.25, 0.3) is 0 Å². The molecule has 1 aromatic heterocycles. The normalized spacial score (nSPS) is 18.0. The van der Waals surface area contributed by atoms with E-state index in [2.05, 4.69) is 41.8 Å². The Kier molecular flexibility index (Phi) is 8.68. The van der Waals surface area contributed by atoms with E-state index in [1.165, 1.54) is 13.8 Å². The second-order valence-corrected chi connectivity index (χ2v) is 11.0. The summed E-state index contributed by atoms with van der Waals surface area (Å²) >= 11 is 3.44. The highest BCUT2D eigenvalue weighted by Crippen LogP contribution is 2.30. The maximum atomic E-state index is 12.7. The number of esters is 1. The second-order valence-electron chi connectivity index (χ2n) is 10.1. The van der Waals surface area contributed by atoms with E-state index in [0.29, 0.717) is 61.6 Å². The Morgan fingerprint density at radius 2 is 2.05 bits per heavy atom. The molecule has 2 aliphatic heterocycles. The third kappa shape index (κ3) is 6.83.